The third kappa shape index (κ3) is 13.5. The second kappa shape index (κ2) is 17.0. The molecular formula is C21H36ClNO. The fourth-order valence-corrected chi connectivity index (χ4v) is 2.93. The highest BCUT2D eigenvalue weighted by Crippen LogP contribution is 2.11. The van der Waals surface area contributed by atoms with Crippen molar-refractivity contribution >= 4 is 18.2 Å². The zero-order valence-corrected chi connectivity index (χ0v) is 16.3. The molecule has 3 heteroatoms. The number of aromatic nitrogens is 1. The second-order valence-corrected chi connectivity index (χ2v) is 6.65. The summed E-state index contributed by atoms with van der Waals surface area (Å²) in [7, 11) is 0. The lowest BCUT2D eigenvalue weighted by molar-refractivity contribution is -0.119. The molecule has 2 nitrogen and oxygen atoms in total. The highest BCUT2D eigenvalue weighted by molar-refractivity contribution is 5.85. The molecule has 0 saturated carbocycles. The Bertz CT molecular complexity index is 394. The first-order valence-electron chi connectivity index (χ1n) is 9.74. The molecule has 0 N–H and O–H groups in total. The Morgan fingerprint density at radius 2 is 1.42 bits per heavy atom. The van der Waals surface area contributed by atoms with Crippen molar-refractivity contribution < 1.29 is 4.79 Å². The van der Waals surface area contributed by atoms with Crippen LogP contribution in [-0.2, 0) is 11.2 Å². The minimum atomic E-state index is 0. The molecule has 0 aliphatic carbocycles. The first-order valence-corrected chi connectivity index (χ1v) is 9.74. The fraction of sp³-hybridized carbons (Fsp3) is 0.714. The van der Waals surface area contributed by atoms with E-state index in [0.29, 0.717) is 5.78 Å². The topological polar surface area (TPSA) is 30.0 Å². The van der Waals surface area contributed by atoms with Crippen molar-refractivity contribution in [3.63, 3.8) is 0 Å². The van der Waals surface area contributed by atoms with E-state index < -0.39 is 0 Å². The first-order chi connectivity index (χ1) is 11.3. The van der Waals surface area contributed by atoms with Crippen LogP contribution in [0.15, 0.2) is 24.4 Å². The summed E-state index contributed by atoms with van der Waals surface area (Å²) in [5, 5.41) is 0. The average Bonchev–Trinajstić information content (AvgIpc) is 2.58. The van der Waals surface area contributed by atoms with Crippen molar-refractivity contribution in [2.75, 3.05) is 0 Å². The van der Waals surface area contributed by atoms with Gasteiger partial charge in [0.1, 0.15) is 5.78 Å². The SMILES string of the molecule is CCCCCCCCC(=O)CCCCCCCc1ccccn1.Cl. The van der Waals surface area contributed by atoms with Gasteiger partial charge in [0, 0.05) is 24.7 Å². The van der Waals surface area contributed by atoms with E-state index >= 15 is 0 Å². The maximum atomic E-state index is 11.8. The van der Waals surface area contributed by atoms with Gasteiger partial charge in [-0.3, -0.25) is 9.78 Å². The summed E-state index contributed by atoms with van der Waals surface area (Å²) in [6.45, 7) is 2.24. The van der Waals surface area contributed by atoms with E-state index in [2.05, 4.69) is 24.0 Å². The molecule has 1 heterocycles. The van der Waals surface area contributed by atoms with Gasteiger partial charge in [-0.1, -0.05) is 64.4 Å². The Morgan fingerprint density at radius 1 is 0.833 bits per heavy atom. The smallest absolute Gasteiger partial charge is 0.132 e. The van der Waals surface area contributed by atoms with Crippen LogP contribution >= 0.6 is 12.4 Å². The van der Waals surface area contributed by atoms with Gasteiger partial charge in [0.05, 0.1) is 0 Å². The molecule has 0 fully saturated rings. The molecule has 0 aromatic carbocycles. The van der Waals surface area contributed by atoms with E-state index in [1.807, 2.05) is 12.3 Å². The monoisotopic (exact) mass is 353 g/mol. The van der Waals surface area contributed by atoms with Crippen LogP contribution in [0.1, 0.15) is 96.1 Å². The van der Waals surface area contributed by atoms with E-state index in [1.54, 1.807) is 0 Å². The maximum Gasteiger partial charge on any atom is 0.132 e. The van der Waals surface area contributed by atoms with Gasteiger partial charge in [0.15, 0.2) is 0 Å². The molecule has 0 amide bonds. The summed E-state index contributed by atoms with van der Waals surface area (Å²) >= 11 is 0. The van der Waals surface area contributed by atoms with Crippen molar-refractivity contribution in [2.24, 2.45) is 0 Å². The van der Waals surface area contributed by atoms with E-state index in [4.69, 9.17) is 0 Å². The van der Waals surface area contributed by atoms with Crippen molar-refractivity contribution in [3.05, 3.63) is 30.1 Å². The number of Topliss-reactive ketones (excluding diaryl/α,β-unsaturated/α-hetero) is 1. The van der Waals surface area contributed by atoms with Gasteiger partial charge in [0.2, 0.25) is 0 Å². The standard InChI is InChI=1S/C21H35NO.ClH/c1-2-3-4-5-8-11-17-21(23)18-12-9-6-7-10-15-20-16-13-14-19-22-20;/h13-14,16,19H,2-12,15,17-18H2,1H3;1H. The second-order valence-electron chi connectivity index (χ2n) is 6.65. The average molecular weight is 354 g/mol. The number of aryl methyl sites for hydroxylation is 1. The fourth-order valence-electron chi connectivity index (χ4n) is 2.93. The predicted molar refractivity (Wildman–Crippen MR) is 106 cm³/mol. The van der Waals surface area contributed by atoms with E-state index in [0.717, 1.165) is 32.1 Å². The predicted octanol–water partition coefficient (Wildman–Crippen LogP) is 6.71. The molecule has 138 valence electrons. The highest BCUT2D eigenvalue weighted by Gasteiger charge is 2.02. The van der Waals surface area contributed by atoms with Crippen LogP contribution in [0.3, 0.4) is 0 Å². The Morgan fingerprint density at radius 3 is 2.00 bits per heavy atom. The van der Waals surface area contributed by atoms with Gasteiger partial charge in [0.25, 0.3) is 0 Å². The number of carbonyl (C=O) groups excluding carboxylic acids is 1. The number of unbranched alkanes of at least 4 members (excludes halogenated alkanes) is 9. The van der Waals surface area contributed by atoms with Crippen molar-refractivity contribution in [1.29, 1.82) is 0 Å². The molecule has 0 spiro atoms. The molecule has 0 bridgehead atoms. The van der Waals surface area contributed by atoms with Gasteiger partial charge in [-0.15, -0.1) is 12.4 Å². The number of nitrogens with zero attached hydrogens (tertiary/aromatic N) is 1. The maximum absolute atomic E-state index is 11.8. The summed E-state index contributed by atoms with van der Waals surface area (Å²) in [5.41, 5.74) is 1.20. The third-order valence-electron chi connectivity index (χ3n) is 4.42. The van der Waals surface area contributed by atoms with E-state index in [9.17, 15) is 4.79 Å². The number of hydrogen-bond donors (Lipinski definition) is 0. The number of carbonyl (C=O) groups is 1. The molecular weight excluding hydrogens is 318 g/mol. The lowest BCUT2D eigenvalue weighted by Gasteiger charge is -2.03. The minimum Gasteiger partial charge on any atom is -0.300 e. The summed E-state index contributed by atoms with van der Waals surface area (Å²) in [4.78, 5) is 16.1. The van der Waals surface area contributed by atoms with Crippen LogP contribution in [-0.4, -0.2) is 10.8 Å². The van der Waals surface area contributed by atoms with Crippen LogP contribution in [0.25, 0.3) is 0 Å². The third-order valence-corrected chi connectivity index (χ3v) is 4.42. The Labute approximate surface area is 155 Å². The van der Waals surface area contributed by atoms with Crippen molar-refractivity contribution in [3.8, 4) is 0 Å². The van der Waals surface area contributed by atoms with Crippen molar-refractivity contribution in [1.82, 2.24) is 4.98 Å². The van der Waals surface area contributed by atoms with Crippen LogP contribution in [0, 0.1) is 0 Å². The van der Waals surface area contributed by atoms with E-state index in [-0.39, 0.29) is 12.4 Å². The summed E-state index contributed by atoms with van der Waals surface area (Å²) in [6, 6.07) is 6.12. The Hall–Kier alpha value is -0.890. The molecule has 0 aliphatic heterocycles. The normalized spacial score (nSPS) is 10.4. The van der Waals surface area contributed by atoms with E-state index in [1.165, 1.54) is 63.5 Å². The van der Waals surface area contributed by atoms with Crippen molar-refractivity contribution in [2.45, 2.75) is 96.8 Å². The minimum absolute atomic E-state index is 0. The summed E-state index contributed by atoms with van der Waals surface area (Å²) in [5.74, 6) is 0.481. The molecule has 1 aromatic heterocycles. The zero-order valence-electron chi connectivity index (χ0n) is 15.5. The Kier molecular flexibility index (Phi) is 16.3. The first kappa shape index (κ1) is 23.1. The van der Waals surface area contributed by atoms with Crippen LogP contribution in [0.2, 0.25) is 0 Å². The number of hydrogen-bond acceptors (Lipinski definition) is 2. The molecule has 1 aromatic rings. The largest absolute Gasteiger partial charge is 0.300 e. The lowest BCUT2D eigenvalue weighted by atomic mass is 10.0. The quantitative estimate of drug-likeness (QED) is 0.328. The molecule has 0 aliphatic rings. The Balaban J connectivity index is 0.00000529. The van der Waals surface area contributed by atoms with Gasteiger partial charge in [-0.05, 0) is 37.8 Å². The summed E-state index contributed by atoms with van der Waals surface area (Å²) < 4.78 is 0. The van der Waals surface area contributed by atoms with Gasteiger partial charge in [-0.2, -0.15) is 0 Å². The van der Waals surface area contributed by atoms with Gasteiger partial charge in [-0.25, -0.2) is 0 Å². The molecule has 24 heavy (non-hydrogen) atoms. The number of rotatable bonds is 15. The number of pyridine rings is 1. The van der Waals surface area contributed by atoms with Crippen LogP contribution < -0.4 is 0 Å². The highest BCUT2D eigenvalue weighted by atomic mass is 35.5. The van der Waals surface area contributed by atoms with Gasteiger partial charge >= 0.3 is 0 Å². The molecule has 0 unspecified atom stereocenters. The lowest BCUT2D eigenvalue weighted by Crippen LogP contribution is -1.97. The zero-order chi connectivity index (χ0) is 16.6. The van der Waals surface area contributed by atoms with Crippen LogP contribution in [0.4, 0.5) is 0 Å². The molecule has 0 atom stereocenters. The molecule has 0 radical (unpaired) electrons. The van der Waals surface area contributed by atoms with Crippen LogP contribution in [0.5, 0.6) is 0 Å². The molecule has 1 rings (SSSR count). The molecule has 0 saturated heterocycles. The summed E-state index contributed by atoms with van der Waals surface area (Å²) in [6.07, 6.45) is 18.2. The number of halogens is 1. The number of ketones is 1. The van der Waals surface area contributed by atoms with Gasteiger partial charge < -0.3 is 0 Å².